The highest BCUT2D eigenvalue weighted by Crippen LogP contribution is 2.33. The molecule has 0 N–H and O–H groups in total. The second kappa shape index (κ2) is 9.88. The van der Waals surface area contributed by atoms with Gasteiger partial charge in [0.1, 0.15) is 5.52 Å². The maximum atomic E-state index is 13.7. The molecule has 0 fully saturated rings. The quantitative estimate of drug-likeness (QED) is 0.436. The molecule has 0 aliphatic heterocycles. The minimum absolute atomic E-state index is 0.0548. The molecule has 0 radical (unpaired) electrons. The smallest absolute Gasteiger partial charge is 0.261 e. The summed E-state index contributed by atoms with van der Waals surface area (Å²) in [4.78, 5) is 21.8. The van der Waals surface area contributed by atoms with Gasteiger partial charge in [0, 0.05) is 25.6 Å². The van der Waals surface area contributed by atoms with Gasteiger partial charge in [-0.05, 0) is 37.4 Å². The second-order valence-electron chi connectivity index (χ2n) is 7.62. The van der Waals surface area contributed by atoms with Gasteiger partial charge in [-0.1, -0.05) is 43.4 Å². The molecule has 2 aromatic carbocycles. The van der Waals surface area contributed by atoms with Gasteiger partial charge < -0.3 is 4.90 Å². The van der Waals surface area contributed by atoms with E-state index in [0.717, 1.165) is 25.6 Å². The Morgan fingerprint density at radius 3 is 2.09 bits per heavy atom. The number of hydrogen-bond acceptors (Lipinski definition) is 8. The number of carbonyl (C=O) groups is 1. The molecule has 0 aliphatic rings. The zero-order chi connectivity index (χ0) is 24.4. The minimum atomic E-state index is -3.64. The van der Waals surface area contributed by atoms with Crippen molar-refractivity contribution in [3.63, 3.8) is 0 Å². The SMILES string of the molecule is CCN(CC)CCN(C(=O)c1ccccc1S(C)(=O)=O)c1nc2c(S(C)(=O)=O)cccc2s1. The molecule has 1 aromatic heterocycles. The van der Waals surface area contributed by atoms with Crippen LogP contribution in [-0.2, 0) is 19.7 Å². The number of benzene rings is 2. The lowest BCUT2D eigenvalue weighted by Gasteiger charge is -2.25. The molecule has 178 valence electrons. The number of anilines is 1. The highest BCUT2D eigenvalue weighted by molar-refractivity contribution is 7.91. The van der Waals surface area contributed by atoms with Crippen molar-refractivity contribution in [3.05, 3.63) is 48.0 Å². The highest BCUT2D eigenvalue weighted by atomic mass is 32.2. The Labute approximate surface area is 198 Å². The van der Waals surface area contributed by atoms with E-state index in [9.17, 15) is 21.6 Å². The molecule has 0 saturated carbocycles. The number of sulfone groups is 2. The number of hydrogen-bond donors (Lipinski definition) is 0. The van der Waals surface area contributed by atoms with Gasteiger partial charge in [0.2, 0.25) is 0 Å². The van der Waals surface area contributed by atoms with Gasteiger partial charge in [0.15, 0.2) is 24.8 Å². The minimum Gasteiger partial charge on any atom is -0.302 e. The van der Waals surface area contributed by atoms with E-state index in [1.165, 1.54) is 34.4 Å². The molecule has 33 heavy (non-hydrogen) atoms. The van der Waals surface area contributed by atoms with Crippen molar-refractivity contribution in [2.45, 2.75) is 23.6 Å². The average Bonchev–Trinajstić information content (AvgIpc) is 3.19. The number of fused-ring (bicyclic) bond motifs is 1. The van der Waals surface area contributed by atoms with Crippen LogP contribution in [0.4, 0.5) is 5.13 Å². The third kappa shape index (κ3) is 5.60. The van der Waals surface area contributed by atoms with E-state index in [0.29, 0.717) is 21.9 Å². The first-order chi connectivity index (χ1) is 15.5. The molecule has 0 atom stereocenters. The molecule has 0 spiro atoms. The van der Waals surface area contributed by atoms with Crippen LogP contribution in [0.1, 0.15) is 24.2 Å². The number of amides is 1. The molecular weight excluding hydrogens is 482 g/mol. The monoisotopic (exact) mass is 509 g/mol. The van der Waals surface area contributed by atoms with E-state index < -0.39 is 25.6 Å². The fourth-order valence-corrected chi connectivity index (χ4v) is 6.30. The molecule has 0 aliphatic carbocycles. The van der Waals surface area contributed by atoms with Gasteiger partial charge in [-0.25, -0.2) is 21.8 Å². The first-order valence-corrected chi connectivity index (χ1v) is 15.0. The summed E-state index contributed by atoms with van der Waals surface area (Å²) < 4.78 is 49.7. The number of likely N-dealkylation sites (N-methyl/N-ethyl adjacent to an activating group) is 1. The van der Waals surface area contributed by atoms with Crippen molar-refractivity contribution in [1.29, 1.82) is 0 Å². The Balaban J connectivity index is 2.15. The second-order valence-corrected chi connectivity index (χ2v) is 12.6. The fraction of sp³-hybridized carbons (Fsp3) is 0.364. The van der Waals surface area contributed by atoms with Crippen LogP contribution in [0.2, 0.25) is 0 Å². The maximum Gasteiger partial charge on any atom is 0.261 e. The summed E-state index contributed by atoms with van der Waals surface area (Å²) in [6.45, 7) is 6.43. The maximum absolute atomic E-state index is 13.7. The Hall–Kier alpha value is -2.34. The lowest BCUT2D eigenvalue weighted by molar-refractivity contribution is 0.0980. The van der Waals surface area contributed by atoms with Crippen molar-refractivity contribution < 1.29 is 21.6 Å². The molecule has 0 bridgehead atoms. The summed E-state index contributed by atoms with van der Waals surface area (Å²) in [7, 11) is -7.16. The van der Waals surface area contributed by atoms with E-state index in [4.69, 9.17) is 0 Å². The van der Waals surface area contributed by atoms with Crippen LogP contribution >= 0.6 is 11.3 Å². The van der Waals surface area contributed by atoms with Gasteiger partial charge in [-0.15, -0.1) is 0 Å². The number of thiazole rings is 1. The number of aromatic nitrogens is 1. The van der Waals surface area contributed by atoms with Crippen LogP contribution in [-0.4, -0.2) is 71.3 Å². The normalized spacial score (nSPS) is 12.4. The van der Waals surface area contributed by atoms with Crippen molar-refractivity contribution in [1.82, 2.24) is 9.88 Å². The number of rotatable bonds is 9. The van der Waals surface area contributed by atoms with Crippen molar-refractivity contribution in [2.24, 2.45) is 0 Å². The molecule has 3 rings (SSSR count). The van der Waals surface area contributed by atoms with Crippen LogP contribution in [0.3, 0.4) is 0 Å². The Bertz CT molecular complexity index is 1380. The van der Waals surface area contributed by atoms with E-state index >= 15 is 0 Å². The molecule has 3 aromatic rings. The van der Waals surface area contributed by atoms with Crippen LogP contribution in [0.15, 0.2) is 52.3 Å². The predicted molar refractivity (Wildman–Crippen MR) is 132 cm³/mol. The van der Waals surface area contributed by atoms with Gasteiger partial charge in [0.25, 0.3) is 5.91 Å². The lowest BCUT2D eigenvalue weighted by atomic mass is 10.2. The lowest BCUT2D eigenvalue weighted by Crippen LogP contribution is -2.39. The number of carbonyl (C=O) groups excluding carboxylic acids is 1. The predicted octanol–water partition coefficient (Wildman–Crippen LogP) is 3.09. The summed E-state index contributed by atoms with van der Waals surface area (Å²) in [5, 5.41) is 0.321. The van der Waals surface area contributed by atoms with Crippen molar-refractivity contribution in [2.75, 3.05) is 43.6 Å². The molecule has 0 saturated heterocycles. The molecule has 1 amide bonds. The largest absolute Gasteiger partial charge is 0.302 e. The van der Waals surface area contributed by atoms with Gasteiger partial charge in [0.05, 0.1) is 20.1 Å². The zero-order valence-electron chi connectivity index (χ0n) is 19.0. The summed E-state index contributed by atoms with van der Waals surface area (Å²) in [6, 6.07) is 11.0. The number of para-hydroxylation sites is 1. The summed E-state index contributed by atoms with van der Waals surface area (Å²) in [5.74, 6) is -0.497. The summed E-state index contributed by atoms with van der Waals surface area (Å²) in [6.07, 6.45) is 2.18. The standard InChI is InChI=1S/C22H27N3O5S3/c1-5-24(6-2)14-15-25(21(26)16-10-7-8-12-18(16)32(3,27)28)22-23-20-17(31-22)11-9-13-19(20)33(4,29)30/h7-13H,5-6,14-15H2,1-4H3. The van der Waals surface area contributed by atoms with E-state index in [1.807, 2.05) is 13.8 Å². The average molecular weight is 510 g/mol. The first kappa shape index (κ1) is 25.3. The van der Waals surface area contributed by atoms with Crippen molar-refractivity contribution >= 4 is 52.3 Å². The Morgan fingerprint density at radius 1 is 0.879 bits per heavy atom. The fourth-order valence-electron chi connectivity index (χ4n) is 3.50. The first-order valence-electron chi connectivity index (χ1n) is 10.4. The molecular formula is C22H27N3O5S3. The third-order valence-electron chi connectivity index (χ3n) is 5.30. The van der Waals surface area contributed by atoms with E-state index in [-0.39, 0.29) is 21.9 Å². The molecule has 1 heterocycles. The van der Waals surface area contributed by atoms with Gasteiger partial charge in [-0.2, -0.15) is 0 Å². The van der Waals surface area contributed by atoms with E-state index in [2.05, 4.69) is 9.88 Å². The van der Waals surface area contributed by atoms with Crippen LogP contribution in [0, 0.1) is 0 Å². The topological polar surface area (TPSA) is 105 Å². The Kier molecular flexibility index (Phi) is 7.57. The summed E-state index contributed by atoms with van der Waals surface area (Å²) in [5.41, 5.74) is 0.360. The van der Waals surface area contributed by atoms with E-state index in [1.54, 1.807) is 24.3 Å². The van der Waals surface area contributed by atoms with Gasteiger partial charge >= 0.3 is 0 Å². The van der Waals surface area contributed by atoms with Gasteiger partial charge in [-0.3, -0.25) is 9.69 Å². The third-order valence-corrected chi connectivity index (χ3v) is 8.62. The van der Waals surface area contributed by atoms with Crippen LogP contribution in [0.5, 0.6) is 0 Å². The Morgan fingerprint density at radius 2 is 1.48 bits per heavy atom. The van der Waals surface area contributed by atoms with Crippen LogP contribution < -0.4 is 4.90 Å². The van der Waals surface area contributed by atoms with Crippen molar-refractivity contribution in [3.8, 4) is 0 Å². The molecule has 0 unspecified atom stereocenters. The molecule has 11 heteroatoms. The highest BCUT2D eigenvalue weighted by Gasteiger charge is 2.27. The van der Waals surface area contributed by atoms with Crippen LogP contribution in [0.25, 0.3) is 10.2 Å². The zero-order valence-corrected chi connectivity index (χ0v) is 21.4. The molecule has 8 nitrogen and oxygen atoms in total. The number of nitrogens with zero attached hydrogens (tertiary/aromatic N) is 3. The summed E-state index contributed by atoms with van der Waals surface area (Å²) >= 11 is 1.20.